The maximum atomic E-state index is 12.7. The Balaban J connectivity index is 1.36. The second kappa shape index (κ2) is 11.0. The van der Waals surface area contributed by atoms with Gasteiger partial charge in [-0.15, -0.1) is 0 Å². The van der Waals surface area contributed by atoms with Crippen LogP contribution in [0.25, 0.3) is 0 Å². The van der Waals surface area contributed by atoms with Gasteiger partial charge in [0.15, 0.2) is 5.83 Å². The molecule has 152 valence electrons. The van der Waals surface area contributed by atoms with E-state index in [1.807, 2.05) is 18.2 Å². The minimum atomic E-state index is -0.726. The number of halogens is 1. The molecule has 3 heteroatoms. The van der Waals surface area contributed by atoms with Crippen molar-refractivity contribution in [2.24, 2.45) is 17.8 Å². The lowest BCUT2D eigenvalue weighted by molar-refractivity contribution is 0.157. The van der Waals surface area contributed by atoms with Crippen LogP contribution in [-0.2, 0) is 0 Å². The van der Waals surface area contributed by atoms with E-state index >= 15 is 0 Å². The van der Waals surface area contributed by atoms with E-state index in [1.54, 1.807) is 6.08 Å². The van der Waals surface area contributed by atoms with Crippen molar-refractivity contribution in [1.29, 1.82) is 10.5 Å². The monoisotopic (exact) mass is 390 g/mol. The van der Waals surface area contributed by atoms with Crippen LogP contribution in [0.3, 0.4) is 0 Å². The molecule has 2 nitrogen and oxygen atoms in total. The van der Waals surface area contributed by atoms with Crippen molar-refractivity contribution in [3.63, 3.8) is 0 Å². The van der Waals surface area contributed by atoms with Crippen molar-refractivity contribution in [2.45, 2.75) is 70.1 Å². The molecule has 0 unspecified atom stereocenters. The average molecular weight is 391 g/mol. The van der Waals surface area contributed by atoms with E-state index in [0.717, 1.165) is 29.7 Å². The summed E-state index contributed by atoms with van der Waals surface area (Å²) < 4.78 is 12.7. The molecular weight excluding hydrogens is 359 g/mol. The number of hydrogen-bond acceptors (Lipinski definition) is 2. The Kier molecular flexibility index (Phi) is 8.06. The molecule has 1 aromatic rings. The van der Waals surface area contributed by atoms with E-state index in [1.165, 1.54) is 75.5 Å². The van der Waals surface area contributed by atoms with E-state index in [-0.39, 0.29) is 0 Å². The molecule has 2 fully saturated rings. The minimum absolute atomic E-state index is 0.669. The molecule has 2 aliphatic carbocycles. The highest BCUT2D eigenvalue weighted by Crippen LogP contribution is 2.44. The van der Waals surface area contributed by atoms with Gasteiger partial charge in [0, 0.05) is 0 Å². The SMILES string of the molecule is N#C/C(F)=C/C=C/CCC1CCC(C2CCC(c3ccc(C#N)cc3)CC2)CC1. The molecule has 3 rings (SSSR count). The Morgan fingerprint density at radius 2 is 1.55 bits per heavy atom. The standard InChI is InChI=1S/C26H31FN2/c27-26(19-29)5-3-1-2-4-20-6-10-22(11-7-20)24-14-16-25(17-15-24)23-12-8-21(18-28)9-13-23/h1,3,5,8-9,12-13,20,22,24-25H,2,4,6-7,10-11,14-17H2/b3-1+,26-5-. The van der Waals surface area contributed by atoms with Gasteiger partial charge in [-0.25, -0.2) is 0 Å². The molecule has 0 atom stereocenters. The van der Waals surface area contributed by atoms with Crippen LogP contribution in [0.15, 0.2) is 48.3 Å². The van der Waals surface area contributed by atoms with E-state index in [9.17, 15) is 4.39 Å². The average Bonchev–Trinajstić information content (AvgIpc) is 2.79. The summed E-state index contributed by atoms with van der Waals surface area (Å²) in [5.41, 5.74) is 2.16. The molecule has 0 amide bonds. The number of hydrogen-bond donors (Lipinski definition) is 0. The van der Waals surface area contributed by atoms with Gasteiger partial charge >= 0.3 is 0 Å². The van der Waals surface area contributed by atoms with Crippen LogP contribution in [0.4, 0.5) is 4.39 Å². The quantitative estimate of drug-likeness (QED) is 0.376. The first-order valence-corrected chi connectivity index (χ1v) is 11.1. The van der Waals surface area contributed by atoms with Crippen molar-refractivity contribution in [3.05, 3.63) is 59.4 Å². The fraction of sp³-hybridized carbons (Fsp3) is 0.538. The highest BCUT2D eigenvalue weighted by Gasteiger charge is 2.31. The van der Waals surface area contributed by atoms with E-state index < -0.39 is 5.83 Å². The van der Waals surface area contributed by atoms with Gasteiger partial charge in [0.05, 0.1) is 11.6 Å². The summed E-state index contributed by atoms with van der Waals surface area (Å²) in [7, 11) is 0. The van der Waals surface area contributed by atoms with Gasteiger partial charge in [-0.3, -0.25) is 0 Å². The van der Waals surface area contributed by atoms with Crippen LogP contribution in [0.5, 0.6) is 0 Å². The molecule has 0 bridgehead atoms. The van der Waals surface area contributed by atoms with Gasteiger partial charge in [-0.2, -0.15) is 14.9 Å². The summed E-state index contributed by atoms with van der Waals surface area (Å²) >= 11 is 0. The molecule has 0 aromatic heterocycles. The van der Waals surface area contributed by atoms with Gasteiger partial charge in [-0.1, -0.05) is 37.1 Å². The second-order valence-electron chi connectivity index (χ2n) is 8.76. The number of nitriles is 2. The zero-order chi connectivity index (χ0) is 20.5. The topological polar surface area (TPSA) is 47.6 Å². The fourth-order valence-electron chi connectivity index (χ4n) is 5.32. The highest BCUT2D eigenvalue weighted by atomic mass is 19.1. The van der Waals surface area contributed by atoms with Crippen LogP contribution in [0.1, 0.15) is 81.3 Å². The molecule has 1 aromatic carbocycles. The smallest absolute Gasteiger partial charge is 0.195 e. The van der Waals surface area contributed by atoms with Gasteiger partial charge in [-0.05, 0) is 98.8 Å². The Morgan fingerprint density at radius 1 is 0.931 bits per heavy atom. The normalized spacial score (nSPS) is 28.0. The third-order valence-electron chi connectivity index (χ3n) is 7.07. The first-order valence-electron chi connectivity index (χ1n) is 11.1. The molecular formula is C26H31FN2. The molecule has 0 aliphatic heterocycles. The lowest BCUT2D eigenvalue weighted by Gasteiger charge is -2.38. The summed E-state index contributed by atoms with van der Waals surface area (Å²) in [4.78, 5) is 0. The first-order chi connectivity index (χ1) is 14.2. The van der Waals surface area contributed by atoms with Crippen LogP contribution in [0, 0.1) is 40.4 Å². The Hall–Kier alpha value is -2.39. The second-order valence-corrected chi connectivity index (χ2v) is 8.76. The van der Waals surface area contributed by atoms with E-state index in [4.69, 9.17) is 10.5 Å². The Labute approximate surface area is 174 Å². The third-order valence-corrected chi connectivity index (χ3v) is 7.07. The van der Waals surface area contributed by atoms with Crippen molar-refractivity contribution >= 4 is 0 Å². The molecule has 0 radical (unpaired) electrons. The summed E-state index contributed by atoms with van der Waals surface area (Å²) in [6, 6.07) is 11.9. The Bertz CT molecular complexity index is 777. The maximum absolute atomic E-state index is 12.7. The molecule has 2 saturated carbocycles. The molecule has 2 aliphatic rings. The largest absolute Gasteiger partial charge is 0.199 e. The maximum Gasteiger partial charge on any atom is 0.199 e. The predicted octanol–water partition coefficient (Wildman–Crippen LogP) is 7.35. The Morgan fingerprint density at radius 3 is 2.14 bits per heavy atom. The number of rotatable bonds is 6. The fourth-order valence-corrected chi connectivity index (χ4v) is 5.32. The van der Waals surface area contributed by atoms with Crippen LogP contribution < -0.4 is 0 Å². The van der Waals surface area contributed by atoms with E-state index in [2.05, 4.69) is 18.2 Å². The zero-order valence-electron chi connectivity index (χ0n) is 17.2. The molecule has 0 saturated heterocycles. The van der Waals surface area contributed by atoms with E-state index in [0.29, 0.717) is 5.92 Å². The van der Waals surface area contributed by atoms with Gasteiger partial charge in [0.1, 0.15) is 6.07 Å². The number of nitrogens with zero attached hydrogens (tertiary/aromatic N) is 2. The lowest BCUT2D eigenvalue weighted by atomic mass is 9.68. The van der Waals surface area contributed by atoms with Crippen molar-refractivity contribution in [3.8, 4) is 12.1 Å². The van der Waals surface area contributed by atoms with Crippen LogP contribution >= 0.6 is 0 Å². The molecule has 29 heavy (non-hydrogen) atoms. The van der Waals surface area contributed by atoms with Crippen molar-refractivity contribution in [2.75, 3.05) is 0 Å². The van der Waals surface area contributed by atoms with Crippen molar-refractivity contribution in [1.82, 2.24) is 0 Å². The number of benzene rings is 1. The highest BCUT2D eigenvalue weighted by molar-refractivity contribution is 5.33. The van der Waals surface area contributed by atoms with Gasteiger partial charge < -0.3 is 0 Å². The summed E-state index contributed by atoms with van der Waals surface area (Å²) in [5, 5.41) is 17.3. The molecule has 0 heterocycles. The molecule has 0 N–H and O–H groups in total. The van der Waals surface area contributed by atoms with Crippen molar-refractivity contribution < 1.29 is 4.39 Å². The first kappa shape index (κ1) is 21.3. The zero-order valence-corrected chi connectivity index (χ0v) is 17.2. The summed E-state index contributed by atoms with van der Waals surface area (Å²) in [6.07, 6.45) is 17.7. The van der Waals surface area contributed by atoms with Gasteiger partial charge in [0.2, 0.25) is 0 Å². The molecule has 0 spiro atoms. The lowest BCUT2D eigenvalue weighted by Crippen LogP contribution is -2.25. The number of allylic oxidation sites excluding steroid dienone is 4. The third kappa shape index (κ3) is 6.30. The van der Waals surface area contributed by atoms with Crippen LogP contribution in [0.2, 0.25) is 0 Å². The summed E-state index contributed by atoms with van der Waals surface area (Å²) in [5.74, 6) is 2.54. The minimum Gasteiger partial charge on any atom is -0.195 e. The summed E-state index contributed by atoms with van der Waals surface area (Å²) in [6.45, 7) is 0. The predicted molar refractivity (Wildman–Crippen MR) is 114 cm³/mol. The van der Waals surface area contributed by atoms with Gasteiger partial charge in [0.25, 0.3) is 0 Å². The van der Waals surface area contributed by atoms with Crippen LogP contribution in [-0.4, -0.2) is 0 Å².